The topological polar surface area (TPSA) is 38.1 Å². The number of nitrogens with zero attached hydrogens (tertiary/aromatic N) is 1. The number of nitrogens with one attached hydrogen (secondary N) is 1. The van der Waals surface area contributed by atoms with Crippen molar-refractivity contribution in [2.45, 2.75) is 25.7 Å². The van der Waals surface area contributed by atoms with Gasteiger partial charge in [0.15, 0.2) is 11.5 Å². The molecule has 3 aromatic rings. The van der Waals surface area contributed by atoms with Gasteiger partial charge in [-0.25, -0.2) is 4.98 Å². The largest absolute Gasteiger partial charge is 0.441 e. The molecule has 3 heteroatoms. The molecule has 106 valence electrons. The van der Waals surface area contributed by atoms with Gasteiger partial charge in [0, 0.05) is 24.6 Å². The summed E-state index contributed by atoms with van der Waals surface area (Å²) < 4.78 is 5.91. The Labute approximate surface area is 124 Å². The summed E-state index contributed by atoms with van der Waals surface area (Å²) in [5.74, 6) is 1.28. The van der Waals surface area contributed by atoms with E-state index in [1.807, 2.05) is 6.07 Å². The maximum atomic E-state index is 5.91. The summed E-state index contributed by atoms with van der Waals surface area (Å²) in [5, 5.41) is 3.45. The summed E-state index contributed by atoms with van der Waals surface area (Å²) in [6, 6.07) is 14.8. The monoisotopic (exact) mass is 278 g/mol. The van der Waals surface area contributed by atoms with Crippen molar-refractivity contribution in [1.29, 1.82) is 0 Å². The number of aryl methyl sites for hydroxylation is 1. The number of anilines is 1. The fraction of sp³-hybridized carbons (Fsp3) is 0.278. The van der Waals surface area contributed by atoms with Crippen LogP contribution in [0.1, 0.15) is 29.9 Å². The van der Waals surface area contributed by atoms with Crippen molar-refractivity contribution in [2.24, 2.45) is 0 Å². The number of para-hydroxylation sites is 1. The maximum Gasteiger partial charge on any atom is 0.196 e. The molecule has 0 saturated heterocycles. The zero-order valence-corrected chi connectivity index (χ0v) is 12.1. The zero-order chi connectivity index (χ0) is 14.2. The summed E-state index contributed by atoms with van der Waals surface area (Å²) in [6.07, 6.45) is 1.87. The minimum atomic E-state index is 0.444. The van der Waals surface area contributed by atoms with Gasteiger partial charge in [0.25, 0.3) is 0 Å². The molecular formula is C18H18N2O. The van der Waals surface area contributed by atoms with E-state index in [1.54, 1.807) is 0 Å². The van der Waals surface area contributed by atoms with Gasteiger partial charge >= 0.3 is 0 Å². The molecule has 0 radical (unpaired) electrons. The predicted octanol–water partition coefficient (Wildman–Crippen LogP) is 4.14. The van der Waals surface area contributed by atoms with Crippen molar-refractivity contribution in [1.82, 2.24) is 4.98 Å². The highest BCUT2D eigenvalue weighted by Crippen LogP contribution is 2.33. The average molecular weight is 278 g/mol. The third-order valence-electron chi connectivity index (χ3n) is 4.27. The Kier molecular flexibility index (Phi) is 2.92. The molecule has 21 heavy (non-hydrogen) atoms. The van der Waals surface area contributed by atoms with Gasteiger partial charge in [0.2, 0.25) is 0 Å². The number of oxazole rings is 1. The smallest absolute Gasteiger partial charge is 0.196 e. The fourth-order valence-corrected chi connectivity index (χ4v) is 3.08. The van der Waals surface area contributed by atoms with Gasteiger partial charge in [-0.1, -0.05) is 31.2 Å². The normalized spacial score (nSPS) is 16.9. The number of hydrogen-bond acceptors (Lipinski definition) is 3. The molecule has 2 heterocycles. The second kappa shape index (κ2) is 4.92. The van der Waals surface area contributed by atoms with E-state index >= 15 is 0 Å². The van der Waals surface area contributed by atoms with Crippen LogP contribution in [0.25, 0.3) is 11.1 Å². The van der Waals surface area contributed by atoms with Crippen molar-refractivity contribution < 1.29 is 4.42 Å². The molecule has 2 aromatic carbocycles. The summed E-state index contributed by atoms with van der Waals surface area (Å²) in [6.45, 7) is 3.11. The highest BCUT2D eigenvalue weighted by atomic mass is 16.3. The first-order valence-corrected chi connectivity index (χ1v) is 7.54. The van der Waals surface area contributed by atoms with E-state index in [0.29, 0.717) is 5.92 Å². The minimum absolute atomic E-state index is 0.444. The number of fused-ring (bicyclic) bond motifs is 2. The molecule has 3 nitrogen and oxygen atoms in total. The van der Waals surface area contributed by atoms with Crippen LogP contribution >= 0.6 is 0 Å². The molecule has 0 amide bonds. The first kappa shape index (κ1) is 12.5. The number of rotatable bonds is 3. The van der Waals surface area contributed by atoms with Crippen molar-refractivity contribution in [3.63, 3.8) is 0 Å². The lowest BCUT2D eigenvalue weighted by molar-refractivity contribution is 0.507. The van der Waals surface area contributed by atoms with Crippen molar-refractivity contribution in [3.05, 3.63) is 59.5 Å². The predicted molar refractivity (Wildman–Crippen MR) is 84.8 cm³/mol. The highest BCUT2D eigenvalue weighted by Gasteiger charge is 2.23. The average Bonchev–Trinajstić information content (AvgIpc) is 3.10. The fourth-order valence-electron chi connectivity index (χ4n) is 3.08. The first-order chi connectivity index (χ1) is 10.3. The van der Waals surface area contributed by atoms with Gasteiger partial charge in [-0.15, -0.1) is 0 Å². The van der Waals surface area contributed by atoms with Crippen LogP contribution in [0.3, 0.4) is 0 Å². The van der Waals surface area contributed by atoms with Crippen LogP contribution in [0.15, 0.2) is 46.9 Å². The van der Waals surface area contributed by atoms with Crippen molar-refractivity contribution in [2.75, 3.05) is 11.9 Å². The number of benzene rings is 2. The Hall–Kier alpha value is -2.29. The summed E-state index contributed by atoms with van der Waals surface area (Å²) in [4.78, 5) is 4.66. The molecule has 1 aliphatic rings. The second-order valence-corrected chi connectivity index (χ2v) is 5.63. The molecule has 1 N–H and O–H groups in total. The number of aromatic nitrogens is 1. The Balaban J connectivity index is 1.63. The van der Waals surface area contributed by atoms with E-state index in [-0.39, 0.29) is 0 Å². The molecule has 0 fully saturated rings. The van der Waals surface area contributed by atoms with Crippen LogP contribution in [0.5, 0.6) is 0 Å². The van der Waals surface area contributed by atoms with E-state index < -0.39 is 0 Å². The molecule has 4 rings (SSSR count). The lowest BCUT2D eigenvalue weighted by atomic mass is 9.98. The molecular weight excluding hydrogens is 260 g/mol. The van der Waals surface area contributed by atoms with Crippen LogP contribution in [-0.4, -0.2) is 11.5 Å². The Bertz CT molecular complexity index is 791. The molecule has 1 atom stereocenters. The zero-order valence-electron chi connectivity index (χ0n) is 12.1. The van der Waals surface area contributed by atoms with Gasteiger partial charge in [0.05, 0.1) is 0 Å². The maximum absolute atomic E-state index is 5.91. The van der Waals surface area contributed by atoms with E-state index in [2.05, 4.69) is 53.6 Å². The van der Waals surface area contributed by atoms with Gasteiger partial charge in [0.1, 0.15) is 5.52 Å². The quantitative estimate of drug-likeness (QED) is 0.782. The lowest BCUT2D eigenvalue weighted by Crippen LogP contribution is -2.05. The standard InChI is InChI=1S/C18H18N2O/c1-2-12-7-8-17-16(9-12)20-18(21-17)10-13-11-19-15-6-4-3-5-14(13)15/h3-9,13,19H,2,10-11H2,1H3. The van der Waals surface area contributed by atoms with E-state index in [0.717, 1.165) is 36.4 Å². The Morgan fingerprint density at radius 1 is 1.24 bits per heavy atom. The molecule has 1 aliphatic heterocycles. The van der Waals surface area contributed by atoms with Crippen LogP contribution in [-0.2, 0) is 12.8 Å². The molecule has 0 spiro atoms. The Morgan fingerprint density at radius 3 is 3.05 bits per heavy atom. The molecule has 0 aliphatic carbocycles. The SMILES string of the molecule is CCc1ccc2oc(CC3CNc4ccccc43)nc2c1. The van der Waals surface area contributed by atoms with E-state index in [9.17, 15) is 0 Å². The van der Waals surface area contributed by atoms with Gasteiger partial charge in [-0.3, -0.25) is 0 Å². The molecule has 0 saturated carbocycles. The third kappa shape index (κ3) is 2.19. The first-order valence-electron chi connectivity index (χ1n) is 7.54. The minimum Gasteiger partial charge on any atom is -0.441 e. The highest BCUT2D eigenvalue weighted by molar-refractivity contribution is 5.73. The van der Waals surface area contributed by atoms with Crippen LogP contribution in [0, 0.1) is 0 Å². The molecule has 0 bridgehead atoms. The van der Waals surface area contributed by atoms with Gasteiger partial charge in [-0.05, 0) is 35.7 Å². The van der Waals surface area contributed by atoms with Crippen LogP contribution in [0.2, 0.25) is 0 Å². The molecule has 1 aromatic heterocycles. The van der Waals surface area contributed by atoms with Crippen LogP contribution < -0.4 is 5.32 Å². The summed E-state index contributed by atoms with van der Waals surface area (Å²) in [7, 11) is 0. The van der Waals surface area contributed by atoms with Crippen molar-refractivity contribution in [3.8, 4) is 0 Å². The lowest BCUT2D eigenvalue weighted by Gasteiger charge is -2.06. The third-order valence-corrected chi connectivity index (χ3v) is 4.27. The molecule has 1 unspecified atom stereocenters. The van der Waals surface area contributed by atoms with Gasteiger partial charge < -0.3 is 9.73 Å². The summed E-state index contributed by atoms with van der Waals surface area (Å²) in [5.41, 5.74) is 5.78. The van der Waals surface area contributed by atoms with Crippen molar-refractivity contribution >= 4 is 16.8 Å². The summed E-state index contributed by atoms with van der Waals surface area (Å²) >= 11 is 0. The number of hydrogen-bond donors (Lipinski definition) is 1. The van der Waals surface area contributed by atoms with E-state index in [4.69, 9.17) is 4.42 Å². The second-order valence-electron chi connectivity index (χ2n) is 5.63. The van der Waals surface area contributed by atoms with E-state index in [1.165, 1.54) is 16.8 Å². The van der Waals surface area contributed by atoms with Gasteiger partial charge in [-0.2, -0.15) is 0 Å². The van der Waals surface area contributed by atoms with Crippen LogP contribution in [0.4, 0.5) is 5.69 Å². The Morgan fingerprint density at radius 2 is 2.14 bits per heavy atom.